The number of alkyl halides is 3. The Labute approximate surface area is 175 Å². The molecule has 0 radical (unpaired) electrons. The molecular weight excluding hydrogens is 430 g/mol. The normalized spacial score (nSPS) is 21.0. The van der Waals surface area contributed by atoms with E-state index in [1.54, 1.807) is 13.0 Å². The van der Waals surface area contributed by atoms with Gasteiger partial charge in [0, 0.05) is 6.20 Å². The monoisotopic (exact) mass is 447 g/mol. The lowest BCUT2D eigenvalue weighted by Gasteiger charge is -2.19. The molecule has 0 saturated carbocycles. The molecule has 0 saturated heterocycles. The predicted molar refractivity (Wildman–Crippen MR) is 104 cm³/mol. The number of nitrogens with zero attached hydrogens (tertiary/aromatic N) is 1. The molecule has 1 heterocycles. The molecule has 3 rings (SSSR count). The van der Waals surface area contributed by atoms with Crippen molar-refractivity contribution in [1.29, 1.82) is 0 Å². The average Bonchev–Trinajstić information content (AvgIpc) is 2.84. The van der Waals surface area contributed by atoms with Crippen LogP contribution >= 0.6 is 23.2 Å². The molecule has 2 amide bonds. The molecule has 0 spiro atoms. The first-order chi connectivity index (χ1) is 13.4. The van der Waals surface area contributed by atoms with Crippen molar-refractivity contribution in [3.63, 3.8) is 0 Å². The van der Waals surface area contributed by atoms with Gasteiger partial charge >= 0.3 is 12.2 Å². The summed E-state index contributed by atoms with van der Waals surface area (Å²) in [5.74, 6) is -0.0234. The largest absolute Gasteiger partial charge is 0.417 e. The lowest BCUT2D eigenvalue weighted by Crippen LogP contribution is -2.29. The van der Waals surface area contributed by atoms with E-state index < -0.39 is 23.4 Å². The van der Waals surface area contributed by atoms with Crippen LogP contribution in [0.15, 0.2) is 24.4 Å². The van der Waals surface area contributed by atoms with Gasteiger partial charge in [-0.25, -0.2) is 4.79 Å². The van der Waals surface area contributed by atoms with Crippen molar-refractivity contribution in [2.45, 2.75) is 44.5 Å². The standard InChI is InChI=1S/C19H18Cl2F3N3O2/c1-9-6-18(2,29)12-5-13(20)16(15(21)14(9)12)27-17(28)26-8-11-4-3-10(7-25-11)19(22,23)24/h3-5,7,9,29H,6,8H2,1-2H3,(H2,26,27,28). The van der Waals surface area contributed by atoms with E-state index in [2.05, 4.69) is 15.6 Å². The Kier molecular flexibility index (Phi) is 5.73. The molecule has 0 bridgehead atoms. The highest BCUT2D eigenvalue weighted by atomic mass is 35.5. The molecule has 0 fully saturated rings. The highest BCUT2D eigenvalue weighted by molar-refractivity contribution is 6.40. The zero-order valence-electron chi connectivity index (χ0n) is 15.5. The Balaban J connectivity index is 1.71. The molecule has 10 heteroatoms. The fraction of sp³-hybridized carbons (Fsp3) is 0.368. The first-order valence-electron chi connectivity index (χ1n) is 8.72. The van der Waals surface area contributed by atoms with Gasteiger partial charge in [-0.1, -0.05) is 30.1 Å². The number of hydrogen-bond acceptors (Lipinski definition) is 3. The lowest BCUT2D eigenvalue weighted by molar-refractivity contribution is -0.137. The summed E-state index contributed by atoms with van der Waals surface area (Å²) in [6, 6.07) is 3.01. The number of nitrogens with one attached hydrogen (secondary N) is 2. The van der Waals surface area contributed by atoms with Crippen LogP contribution in [0, 0.1) is 0 Å². The molecule has 1 aliphatic carbocycles. The second kappa shape index (κ2) is 7.66. The average molecular weight is 448 g/mol. The van der Waals surface area contributed by atoms with Gasteiger partial charge in [0.15, 0.2) is 0 Å². The number of fused-ring (bicyclic) bond motifs is 1. The van der Waals surface area contributed by atoms with Crippen LogP contribution < -0.4 is 10.6 Å². The van der Waals surface area contributed by atoms with Crippen molar-refractivity contribution in [3.05, 3.63) is 56.8 Å². The molecule has 29 heavy (non-hydrogen) atoms. The van der Waals surface area contributed by atoms with Gasteiger partial charge < -0.3 is 15.7 Å². The van der Waals surface area contributed by atoms with E-state index in [0.717, 1.165) is 11.6 Å². The molecule has 1 aromatic carbocycles. The van der Waals surface area contributed by atoms with Gasteiger partial charge in [0.05, 0.1) is 39.1 Å². The van der Waals surface area contributed by atoms with Crippen LogP contribution in [0.3, 0.4) is 0 Å². The van der Waals surface area contributed by atoms with Crippen LogP contribution in [0.2, 0.25) is 10.0 Å². The van der Waals surface area contributed by atoms with Crippen molar-refractivity contribution in [3.8, 4) is 0 Å². The van der Waals surface area contributed by atoms with Gasteiger partial charge in [-0.3, -0.25) is 4.98 Å². The van der Waals surface area contributed by atoms with E-state index in [-0.39, 0.29) is 33.9 Å². The van der Waals surface area contributed by atoms with Crippen LogP contribution in [0.5, 0.6) is 0 Å². The molecule has 156 valence electrons. The zero-order valence-corrected chi connectivity index (χ0v) is 17.0. The van der Waals surface area contributed by atoms with Gasteiger partial charge in [-0.2, -0.15) is 13.2 Å². The zero-order chi connectivity index (χ0) is 21.6. The van der Waals surface area contributed by atoms with Crippen molar-refractivity contribution in [2.75, 3.05) is 5.32 Å². The summed E-state index contributed by atoms with van der Waals surface area (Å²) in [6.45, 7) is 3.51. The molecule has 2 unspecified atom stereocenters. The number of aromatic nitrogens is 1. The minimum atomic E-state index is -4.47. The number of carbonyl (C=O) groups excluding carboxylic acids is 1. The number of halogens is 5. The SMILES string of the molecule is CC1CC(C)(O)c2cc(Cl)c(NC(=O)NCc3ccc(C(F)(F)F)cn3)c(Cl)c21. The second-order valence-corrected chi connectivity index (χ2v) is 8.02. The first kappa shape index (κ1) is 21.7. The van der Waals surface area contributed by atoms with Crippen molar-refractivity contribution >= 4 is 34.9 Å². The second-order valence-electron chi connectivity index (χ2n) is 7.23. The maximum Gasteiger partial charge on any atom is 0.417 e. The number of rotatable bonds is 3. The molecule has 1 aliphatic rings. The number of amides is 2. The van der Waals surface area contributed by atoms with E-state index in [4.69, 9.17) is 23.2 Å². The Bertz CT molecular complexity index is 947. The fourth-order valence-electron chi connectivity index (χ4n) is 3.51. The summed E-state index contributed by atoms with van der Waals surface area (Å²) < 4.78 is 37.7. The highest BCUT2D eigenvalue weighted by Gasteiger charge is 2.39. The molecule has 2 aromatic rings. The van der Waals surface area contributed by atoms with Crippen LogP contribution in [0.4, 0.5) is 23.7 Å². The Morgan fingerprint density at radius 3 is 2.66 bits per heavy atom. The number of hydrogen-bond donors (Lipinski definition) is 3. The molecule has 1 aromatic heterocycles. The Morgan fingerprint density at radius 2 is 2.07 bits per heavy atom. The van der Waals surface area contributed by atoms with E-state index >= 15 is 0 Å². The predicted octanol–water partition coefficient (Wildman–Crippen LogP) is 5.44. The van der Waals surface area contributed by atoms with Crippen LogP contribution in [-0.2, 0) is 18.3 Å². The highest BCUT2D eigenvalue weighted by Crippen LogP contribution is 2.51. The van der Waals surface area contributed by atoms with Gasteiger partial charge in [-0.15, -0.1) is 0 Å². The summed E-state index contributed by atoms with van der Waals surface area (Å²) in [5, 5.41) is 16.0. The van der Waals surface area contributed by atoms with Crippen molar-refractivity contribution in [2.24, 2.45) is 0 Å². The topological polar surface area (TPSA) is 74.2 Å². The van der Waals surface area contributed by atoms with Crippen LogP contribution in [0.1, 0.15) is 48.6 Å². The third-order valence-electron chi connectivity index (χ3n) is 4.85. The van der Waals surface area contributed by atoms with E-state index in [1.165, 1.54) is 6.07 Å². The summed E-state index contributed by atoms with van der Waals surface area (Å²) in [4.78, 5) is 15.9. The molecule has 2 atom stereocenters. The minimum Gasteiger partial charge on any atom is -0.385 e. The van der Waals surface area contributed by atoms with Crippen LogP contribution in [0.25, 0.3) is 0 Å². The number of aliphatic hydroxyl groups is 1. The van der Waals surface area contributed by atoms with Crippen LogP contribution in [-0.4, -0.2) is 16.1 Å². The smallest absolute Gasteiger partial charge is 0.385 e. The maximum atomic E-state index is 12.6. The van der Waals surface area contributed by atoms with Crippen molar-refractivity contribution in [1.82, 2.24) is 10.3 Å². The van der Waals surface area contributed by atoms with E-state index in [9.17, 15) is 23.1 Å². The van der Waals surface area contributed by atoms with Gasteiger partial charge in [0.25, 0.3) is 0 Å². The number of benzene rings is 1. The quantitative estimate of drug-likeness (QED) is 0.585. The van der Waals surface area contributed by atoms with Gasteiger partial charge in [0.1, 0.15) is 0 Å². The Morgan fingerprint density at radius 1 is 1.38 bits per heavy atom. The molecule has 5 nitrogen and oxygen atoms in total. The summed E-state index contributed by atoms with van der Waals surface area (Å²) in [7, 11) is 0. The Hall–Kier alpha value is -2.03. The number of anilines is 1. The third-order valence-corrected chi connectivity index (χ3v) is 5.54. The first-order valence-corrected chi connectivity index (χ1v) is 9.47. The van der Waals surface area contributed by atoms with Crippen molar-refractivity contribution < 1.29 is 23.1 Å². The summed E-state index contributed by atoms with van der Waals surface area (Å²) in [5.41, 5.74) is -0.122. The lowest BCUT2D eigenvalue weighted by atomic mass is 9.98. The van der Waals surface area contributed by atoms with E-state index in [0.29, 0.717) is 18.2 Å². The number of urea groups is 1. The number of pyridine rings is 1. The number of carbonyl (C=O) groups is 1. The van der Waals surface area contributed by atoms with Gasteiger partial charge in [-0.05, 0) is 48.6 Å². The fourth-order valence-corrected chi connectivity index (χ4v) is 4.25. The van der Waals surface area contributed by atoms with Gasteiger partial charge in [0.2, 0.25) is 0 Å². The summed E-state index contributed by atoms with van der Waals surface area (Å²) in [6.07, 6.45) is -3.29. The minimum absolute atomic E-state index is 0.0234. The summed E-state index contributed by atoms with van der Waals surface area (Å²) >= 11 is 12.7. The maximum absolute atomic E-state index is 12.6. The van der Waals surface area contributed by atoms with E-state index in [1.807, 2.05) is 6.92 Å². The molecule has 0 aliphatic heterocycles. The molecule has 3 N–H and O–H groups in total. The third kappa shape index (κ3) is 4.44. The molecular formula is C19H18Cl2F3N3O2.